The fourth-order valence-corrected chi connectivity index (χ4v) is 1.28. The molecule has 0 amide bonds. The second-order valence-electron chi connectivity index (χ2n) is 2.38. The number of ether oxygens (including phenoxy) is 1. The number of benzene rings is 1. The number of rotatable bonds is 2. The van der Waals surface area contributed by atoms with Crippen molar-refractivity contribution in [1.29, 1.82) is 0 Å². The van der Waals surface area contributed by atoms with Crippen LogP contribution in [0.4, 0.5) is 4.39 Å². The van der Waals surface area contributed by atoms with Crippen molar-refractivity contribution >= 4 is 17.0 Å². The molecule has 0 aliphatic carbocycles. The lowest BCUT2D eigenvalue weighted by atomic mass is 10.2. The Morgan fingerprint density at radius 2 is 2.21 bits per heavy atom. The molecule has 14 heavy (non-hydrogen) atoms. The van der Waals surface area contributed by atoms with Gasteiger partial charge in [-0.25, -0.2) is 13.4 Å². The van der Waals surface area contributed by atoms with Crippen LogP contribution < -0.4 is 0 Å². The first-order valence-electron chi connectivity index (χ1n) is 3.55. The van der Waals surface area contributed by atoms with Crippen LogP contribution in [0.5, 0.6) is 0 Å². The molecule has 0 heterocycles. The predicted molar refractivity (Wildman–Crippen MR) is 46.8 cm³/mol. The standard InChI is InChI=1S/C8H7FO4S/c1-13-8(10)6-4-5(14(11)12)2-3-7(6)9/h2-4H,1H3,(H,11,12). The quantitative estimate of drug-likeness (QED) is 0.598. The Balaban J connectivity index is 3.21. The van der Waals surface area contributed by atoms with Crippen LogP contribution in [-0.4, -0.2) is 21.8 Å². The van der Waals surface area contributed by atoms with Gasteiger partial charge in [-0.3, -0.25) is 0 Å². The number of halogens is 1. The highest BCUT2D eigenvalue weighted by Gasteiger charge is 2.14. The Hall–Kier alpha value is -1.27. The third kappa shape index (κ3) is 2.15. The van der Waals surface area contributed by atoms with E-state index in [0.717, 1.165) is 25.3 Å². The van der Waals surface area contributed by atoms with Crippen LogP contribution in [-0.2, 0) is 15.8 Å². The Morgan fingerprint density at radius 3 is 2.71 bits per heavy atom. The molecule has 1 N–H and O–H groups in total. The Morgan fingerprint density at radius 1 is 1.57 bits per heavy atom. The molecule has 1 aromatic carbocycles. The predicted octanol–water partition coefficient (Wildman–Crippen LogP) is 1.19. The van der Waals surface area contributed by atoms with E-state index in [4.69, 9.17) is 4.55 Å². The zero-order chi connectivity index (χ0) is 10.7. The first-order chi connectivity index (χ1) is 6.56. The highest BCUT2D eigenvalue weighted by Crippen LogP contribution is 2.13. The molecular weight excluding hydrogens is 211 g/mol. The first-order valence-corrected chi connectivity index (χ1v) is 4.65. The molecule has 1 aromatic rings. The number of carbonyl (C=O) groups excluding carboxylic acids is 1. The van der Waals surface area contributed by atoms with Gasteiger partial charge < -0.3 is 9.29 Å². The SMILES string of the molecule is COC(=O)c1cc(S(=O)O)ccc1F. The molecule has 0 aromatic heterocycles. The number of esters is 1. The van der Waals surface area contributed by atoms with Gasteiger partial charge in [0, 0.05) is 0 Å². The zero-order valence-corrected chi connectivity index (χ0v) is 8.01. The monoisotopic (exact) mass is 218 g/mol. The van der Waals surface area contributed by atoms with E-state index in [-0.39, 0.29) is 10.5 Å². The van der Waals surface area contributed by atoms with E-state index in [9.17, 15) is 13.4 Å². The molecule has 0 fully saturated rings. The van der Waals surface area contributed by atoms with Crippen molar-refractivity contribution in [2.75, 3.05) is 7.11 Å². The van der Waals surface area contributed by atoms with Crippen molar-refractivity contribution in [2.45, 2.75) is 4.90 Å². The van der Waals surface area contributed by atoms with E-state index in [2.05, 4.69) is 4.74 Å². The maximum atomic E-state index is 13.0. The van der Waals surface area contributed by atoms with Gasteiger partial charge in [0.1, 0.15) is 5.82 Å². The Labute approximate surface area is 82.0 Å². The second-order valence-corrected chi connectivity index (χ2v) is 3.35. The van der Waals surface area contributed by atoms with Crippen LogP contribution in [0, 0.1) is 5.82 Å². The highest BCUT2D eigenvalue weighted by atomic mass is 32.2. The average molecular weight is 218 g/mol. The van der Waals surface area contributed by atoms with Crippen LogP contribution in [0.15, 0.2) is 23.1 Å². The molecule has 6 heteroatoms. The summed E-state index contributed by atoms with van der Waals surface area (Å²) < 4.78 is 36.6. The summed E-state index contributed by atoms with van der Waals surface area (Å²) in [7, 11) is 1.10. The lowest BCUT2D eigenvalue weighted by Crippen LogP contribution is -2.05. The summed E-state index contributed by atoms with van der Waals surface area (Å²) in [6.07, 6.45) is 0. The van der Waals surface area contributed by atoms with Crippen molar-refractivity contribution < 1.29 is 22.7 Å². The minimum atomic E-state index is -2.24. The molecule has 0 saturated carbocycles. The maximum absolute atomic E-state index is 13.0. The Bertz CT molecular complexity index is 391. The van der Waals surface area contributed by atoms with Gasteiger partial charge in [0.2, 0.25) is 0 Å². The normalized spacial score (nSPS) is 12.2. The van der Waals surface area contributed by atoms with Crippen molar-refractivity contribution in [2.24, 2.45) is 0 Å². The number of methoxy groups -OCH3 is 1. The number of carbonyl (C=O) groups is 1. The zero-order valence-electron chi connectivity index (χ0n) is 7.19. The fraction of sp³-hybridized carbons (Fsp3) is 0.125. The summed E-state index contributed by atoms with van der Waals surface area (Å²) in [5, 5.41) is 0. The van der Waals surface area contributed by atoms with Crippen LogP contribution in [0.1, 0.15) is 10.4 Å². The van der Waals surface area contributed by atoms with Crippen LogP contribution in [0.3, 0.4) is 0 Å². The second kappa shape index (κ2) is 4.30. The Kier molecular flexibility index (Phi) is 3.32. The smallest absolute Gasteiger partial charge is 0.340 e. The molecule has 1 rings (SSSR count). The summed E-state index contributed by atoms with van der Waals surface area (Å²) in [4.78, 5) is 10.9. The maximum Gasteiger partial charge on any atom is 0.340 e. The minimum Gasteiger partial charge on any atom is -0.465 e. The van der Waals surface area contributed by atoms with E-state index in [0.29, 0.717) is 0 Å². The molecule has 1 atom stereocenters. The first kappa shape index (κ1) is 10.8. The topological polar surface area (TPSA) is 63.6 Å². The molecule has 0 aliphatic rings. The lowest BCUT2D eigenvalue weighted by molar-refractivity contribution is 0.0595. The van der Waals surface area contributed by atoms with E-state index < -0.39 is 22.9 Å². The average Bonchev–Trinajstić information content (AvgIpc) is 2.17. The van der Waals surface area contributed by atoms with E-state index in [1.165, 1.54) is 0 Å². The molecular formula is C8H7FO4S. The van der Waals surface area contributed by atoms with Gasteiger partial charge in [-0.1, -0.05) is 0 Å². The minimum absolute atomic E-state index is 0.0493. The molecule has 0 bridgehead atoms. The van der Waals surface area contributed by atoms with Gasteiger partial charge in [0.25, 0.3) is 0 Å². The van der Waals surface area contributed by atoms with Gasteiger partial charge in [-0.2, -0.15) is 0 Å². The van der Waals surface area contributed by atoms with E-state index >= 15 is 0 Å². The molecule has 1 unspecified atom stereocenters. The number of hydrogen-bond donors (Lipinski definition) is 1. The van der Waals surface area contributed by atoms with Gasteiger partial charge in [-0.15, -0.1) is 0 Å². The van der Waals surface area contributed by atoms with Crippen LogP contribution >= 0.6 is 0 Å². The summed E-state index contributed by atoms with van der Waals surface area (Å²) in [6, 6.07) is 3.05. The molecule has 76 valence electrons. The largest absolute Gasteiger partial charge is 0.465 e. The van der Waals surface area contributed by atoms with E-state index in [1.807, 2.05) is 0 Å². The molecule has 0 saturated heterocycles. The molecule has 0 aliphatic heterocycles. The van der Waals surface area contributed by atoms with Crippen LogP contribution in [0.25, 0.3) is 0 Å². The van der Waals surface area contributed by atoms with Gasteiger partial charge in [0.15, 0.2) is 11.1 Å². The van der Waals surface area contributed by atoms with E-state index in [1.54, 1.807) is 0 Å². The third-order valence-electron chi connectivity index (χ3n) is 1.54. The van der Waals surface area contributed by atoms with Crippen molar-refractivity contribution in [3.8, 4) is 0 Å². The van der Waals surface area contributed by atoms with Crippen molar-refractivity contribution in [1.82, 2.24) is 0 Å². The lowest BCUT2D eigenvalue weighted by Gasteiger charge is -2.02. The molecule has 4 nitrogen and oxygen atoms in total. The molecule has 0 radical (unpaired) electrons. The summed E-state index contributed by atoms with van der Waals surface area (Å²) in [6.45, 7) is 0. The fourth-order valence-electron chi connectivity index (χ4n) is 0.879. The summed E-state index contributed by atoms with van der Waals surface area (Å²) in [5.74, 6) is -1.67. The van der Waals surface area contributed by atoms with Gasteiger partial charge >= 0.3 is 5.97 Å². The van der Waals surface area contributed by atoms with Crippen molar-refractivity contribution in [3.05, 3.63) is 29.6 Å². The van der Waals surface area contributed by atoms with Crippen molar-refractivity contribution in [3.63, 3.8) is 0 Å². The highest BCUT2D eigenvalue weighted by molar-refractivity contribution is 7.79. The summed E-state index contributed by atoms with van der Waals surface area (Å²) >= 11 is -2.24. The summed E-state index contributed by atoms with van der Waals surface area (Å²) in [5.41, 5.74) is -0.354. The van der Waals surface area contributed by atoms with Gasteiger partial charge in [-0.05, 0) is 18.2 Å². The van der Waals surface area contributed by atoms with Gasteiger partial charge in [0.05, 0.1) is 17.6 Å². The third-order valence-corrected chi connectivity index (χ3v) is 2.20. The number of hydrogen-bond acceptors (Lipinski definition) is 3. The molecule has 0 spiro atoms. The van der Waals surface area contributed by atoms with Crippen LogP contribution in [0.2, 0.25) is 0 Å².